The van der Waals surface area contributed by atoms with Gasteiger partial charge in [0.05, 0.1) is 23.6 Å². The van der Waals surface area contributed by atoms with Crippen molar-refractivity contribution in [3.05, 3.63) is 89.6 Å². The summed E-state index contributed by atoms with van der Waals surface area (Å²) >= 11 is 0. The highest BCUT2D eigenvalue weighted by Gasteiger charge is 2.26. The Morgan fingerprint density at radius 3 is 2.41 bits per heavy atom. The van der Waals surface area contributed by atoms with Crippen LogP contribution in [0.3, 0.4) is 0 Å². The number of hydrogen-bond acceptors (Lipinski definition) is 4. The molecule has 0 bridgehead atoms. The lowest BCUT2D eigenvalue weighted by Gasteiger charge is -2.31. The van der Waals surface area contributed by atoms with Gasteiger partial charge in [-0.2, -0.15) is 10.2 Å². The second kappa shape index (κ2) is 11.1. The molecule has 39 heavy (non-hydrogen) atoms. The lowest BCUT2D eigenvalue weighted by atomic mass is 10.0. The van der Waals surface area contributed by atoms with E-state index in [1.165, 1.54) is 18.2 Å². The van der Waals surface area contributed by atoms with Gasteiger partial charge in [-0.05, 0) is 55.2 Å². The van der Waals surface area contributed by atoms with Crippen LogP contribution >= 0.6 is 0 Å². The van der Waals surface area contributed by atoms with Crippen molar-refractivity contribution in [2.24, 2.45) is 5.92 Å². The zero-order valence-electron chi connectivity index (χ0n) is 21.2. The third-order valence-corrected chi connectivity index (χ3v) is 6.86. The zero-order valence-corrected chi connectivity index (χ0v) is 21.2. The maximum Gasteiger partial charge on any atom is 0.271 e. The second-order valence-corrected chi connectivity index (χ2v) is 9.78. The van der Waals surface area contributed by atoms with Crippen molar-refractivity contribution in [1.29, 1.82) is 0 Å². The van der Waals surface area contributed by atoms with Gasteiger partial charge >= 0.3 is 0 Å². The number of halogens is 3. The van der Waals surface area contributed by atoms with Gasteiger partial charge in [0.25, 0.3) is 5.91 Å². The fourth-order valence-electron chi connectivity index (χ4n) is 4.72. The van der Waals surface area contributed by atoms with E-state index in [2.05, 4.69) is 20.6 Å². The molecule has 2 amide bonds. The lowest BCUT2D eigenvalue weighted by Crippen LogP contribution is -2.39. The molecule has 1 unspecified atom stereocenters. The van der Waals surface area contributed by atoms with Gasteiger partial charge in [-0.1, -0.05) is 19.1 Å². The van der Waals surface area contributed by atoms with Crippen molar-refractivity contribution in [2.75, 3.05) is 18.4 Å². The third kappa shape index (κ3) is 6.19. The van der Waals surface area contributed by atoms with Gasteiger partial charge in [-0.25, -0.2) is 13.2 Å². The van der Waals surface area contributed by atoms with Crippen LogP contribution in [0.4, 0.5) is 18.9 Å². The zero-order chi connectivity index (χ0) is 27.5. The predicted molar refractivity (Wildman–Crippen MR) is 138 cm³/mol. The molecular weight excluding hydrogens is 509 g/mol. The first-order chi connectivity index (χ1) is 18.7. The molecule has 0 radical (unpaired) electrons. The van der Waals surface area contributed by atoms with Crippen LogP contribution in [0.1, 0.15) is 41.9 Å². The number of carbonyl (C=O) groups is 2. The SMILES string of the molecule is CC(Cc1ccc(F)cc1)C(=O)Nc1cnn(C2CCN(C(=O)c3cc(-c4cc(F)cc(F)c4)n[nH]3)CC2)c1. The number of piperidine rings is 1. The molecule has 1 aliphatic rings. The molecule has 8 nitrogen and oxygen atoms in total. The van der Waals surface area contributed by atoms with E-state index in [0.717, 1.165) is 23.8 Å². The monoisotopic (exact) mass is 536 g/mol. The van der Waals surface area contributed by atoms with Crippen molar-refractivity contribution in [2.45, 2.75) is 32.2 Å². The molecule has 11 heteroatoms. The summed E-state index contributed by atoms with van der Waals surface area (Å²) in [4.78, 5) is 27.3. The average Bonchev–Trinajstić information content (AvgIpc) is 3.60. The van der Waals surface area contributed by atoms with E-state index in [9.17, 15) is 22.8 Å². The van der Waals surface area contributed by atoms with Crippen LogP contribution in [0, 0.1) is 23.4 Å². The molecule has 5 rings (SSSR count). The number of amides is 2. The van der Waals surface area contributed by atoms with E-state index in [1.807, 2.05) is 6.92 Å². The van der Waals surface area contributed by atoms with Gasteiger partial charge in [0.15, 0.2) is 0 Å². The number of rotatable bonds is 7. The number of nitrogens with zero attached hydrogens (tertiary/aromatic N) is 4. The summed E-state index contributed by atoms with van der Waals surface area (Å²) < 4.78 is 42.0. The minimum absolute atomic E-state index is 0.0592. The lowest BCUT2D eigenvalue weighted by molar-refractivity contribution is -0.119. The predicted octanol–water partition coefficient (Wildman–Crippen LogP) is 4.99. The summed E-state index contributed by atoms with van der Waals surface area (Å²) in [6, 6.07) is 10.7. The number of likely N-dealkylation sites (tertiary alicyclic amines) is 1. The highest BCUT2D eigenvalue weighted by Crippen LogP contribution is 2.26. The molecule has 2 aromatic carbocycles. The van der Waals surface area contributed by atoms with Gasteiger partial charge < -0.3 is 10.2 Å². The molecular formula is C28H27F3N6O2. The Morgan fingerprint density at radius 2 is 1.72 bits per heavy atom. The van der Waals surface area contributed by atoms with E-state index in [-0.39, 0.29) is 46.5 Å². The van der Waals surface area contributed by atoms with Crippen molar-refractivity contribution >= 4 is 17.5 Å². The molecule has 2 N–H and O–H groups in total. The Balaban J connectivity index is 1.14. The van der Waals surface area contributed by atoms with E-state index in [4.69, 9.17) is 0 Å². The summed E-state index contributed by atoms with van der Waals surface area (Å²) in [6.07, 6.45) is 5.20. The largest absolute Gasteiger partial charge is 0.337 e. The van der Waals surface area contributed by atoms with Crippen LogP contribution in [0.25, 0.3) is 11.3 Å². The van der Waals surface area contributed by atoms with Gasteiger partial charge in [0.1, 0.15) is 23.1 Å². The Morgan fingerprint density at radius 1 is 1.03 bits per heavy atom. The summed E-state index contributed by atoms with van der Waals surface area (Å²) in [5.41, 5.74) is 2.23. The van der Waals surface area contributed by atoms with Crippen LogP contribution in [0.15, 0.2) is 60.9 Å². The number of H-pyrrole nitrogens is 1. The van der Waals surface area contributed by atoms with E-state index in [1.54, 1.807) is 34.1 Å². The summed E-state index contributed by atoms with van der Waals surface area (Å²) in [7, 11) is 0. The molecule has 0 saturated carbocycles. The molecule has 1 fully saturated rings. The van der Waals surface area contributed by atoms with Crippen molar-refractivity contribution < 1.29 is 22.8 Å². The quantitative estimate of drug-likeness (QED) is 0.348. The van der Waals surface area contributed by atoms with Crippen molar-refractivity contribution in [3.63, 3.8) is 0 Å². The Kier molecular flexibility index (Phi) is 7.49. The average molecular weight is 537 g/mol. The number of aromatic amines is 1. The third-order valence-electron chi connectivity index (χ3n) is 6.86. The molecule has 1 saturated heterocycles. The first-order valence-corrected chi connectivity index (χ1v) is 12.7. The van der Waals surface area contributed by atoms with Crippen LogP contribution in [0.2, 0.25) is 0 Å². The molecule has 0 spiro atoms. The van der Waals surface area contributed by atoms with Gasteiger partial charge in [-0.3, -0.25) is 19.4 Å². The number of nitrogens with one attached hydrogen (secondary N) is 2. The highest BCUT2D eigenvalue weighted by molar-refractivity contribution is 5.93. The van der Waals surface area contributed by atoms with Gasteiger partial charge in [-0.15, -0.1) is 0 Å². The molecule has 1 atom stereocenters. The maximum absolute atomic E-state index is 13.5. The Labute approximate surface area is 222 Å². The highest BCUT2D eigenvalue weighted by atomic mass is 19.1. The van der Waals surface area contributed by atoms with Crippen LogP contribution < -0.4 is 5.32 Å². The number of benzene rings is 2. The minimum Gasteiger partial charge on any atom is -0.337 e. The standard InChI is InChI=1S/C28H27F3N6O2/c1-17(10-18-2-4-20(29)5-3-18)27(38)33-23-15-32-37(16-23)24-6-8-36(9-7-24)28(39)26-14-25(34-35-26)19-11-21(30)13-22(31)12-19/h2-5,11-17,24H,6-10H2,1H3,(H,33,38)(H,34,35). The Bertz CT molecular complexity index is 1450. The number of aromatic nitrogens is 4. The van der Waals surface area contributed by atoms with Crippen molar-refractivity contribution in [3.8, 4) is 11.3 Å². The smallest absolute Gasteiger partial charge is 0.271 e. The number of hydrogen-bond donors (Lipinski definition) is 2. The first-order valence-electron chi connectivity index (χ1n) is 12.7. The maximum atomic E-state index is 13.5. The Hall–Kier alpha value is -4.41. The van der Waals surface area contributed by atoms with Crippen LogP contribution in [-0.2, 0) is 11.2 Å². The molecule has 0 aliphatic carbocycles. The molecule has 3 heterocycles. The molecule has 4 aromatic rings. The van der Waals surface area contributed by atoms with Gasteiger partial charge in [0.2, 0.25) is 5.91 Å². The summed E-state index contributed by atoms with van der Waals surface area (Å²) in [6.45, 7) is 2.79. The molecule has 2 aromatic heterocycles. The van der Waals surface area contributed by atoms with Crippen LogP contribution in [0.5, 0.6) is 0 Å². The van der Waals surface area contributed by atoms with Gasteiger partial charge in [0, 0.05) is 36.8 Å². The minimum atomic E-state index is -0.719. The summed E-state index contributed by atoms with van der Waals surface area (Å²) in [5, 5.41) is 14.0. The fourth-order valence-corrected chi connectivity index (χ4v) is 4.72. The van der Waals surface area contributed by atoms with E-state index in [0.29, 0.717) is 38.0 Å². The van der Waals surface area contributed by atoms with Crippen LogP contribution in [-0.4, -0.2) is 49.8 Å². The second-order valence-electron chi connectivity index (χ2n) is 9.78. The number of carbonyl (C=O) groups excluding carboxylic acids is 2. The fraction of sp³-hybridized carbons (Fsp3) is 0.286. The van der Waals surface area contributed by atoms with E-state index >= 15 is 0 Å². The molecule has 202 valence electrons. The first kappa shape index (κ1) is 26.2. The van der Waals surface area contributed by atoms with E-state index < -0.39 is 11.6 Å². The molecule has 1 aliphatic heterocycles. The normalized spacial score (nSPS) is 14.8. The summed E-state index contributed by atoms with van der Waals surface area (Å²) in [5.74, 6) is -2.46. The topological polar surface area (TPSA) is 95.9 Å². The van der Waals surface area contributed by atoms with Crippen molar-refractivity contribution in [1.82, 2.24) is 24.9 Å². The number of anilines is 1.